The van der Waals surface area contributed by atoms with Crippen molar-refractivity contribution in [3.63, 3.8) is 0 Å². The first kappa shape index (κ1) is 23.2. The fraction of sp³-hybridized carbons (Fsp3) is 0.360. The molecule has 0 radical (unpaired) electrons. The summed E-state index contributed by atoms with van der Waals surface area (Å²) in [5.74, 6) is 0.172. The molecule has 3 aromatic heterocycles. The SMILES string of the molecule is CC(C)(C)OC(=O)N1CCCC1CNc1nccc(-c2c(-c3ccc(F)cc3)nc3sccn23)n1. The van der Waals surface area contributed by atoms with Gasteiger partial charge in [0.15, 0.2) is 4.96 Å². The molecule has 8 nitrogen and oxygen atoms in total. The van der Waals surface area contributed by atoms with Gasteiger partial charge in [-0.25, -0.2) is 24.1 Å². The Morgan fingerprint density at radius 1 is 1.23 bits per heavy atom. The predicted molar refractivity (Wildman–Crippen MR) is 134 cm³/mol. The van der Waals surface area contributed by atoms with E-state index in [2.05, 4.69) is 10.3 Å². The molecule has 1 aliphatic heterocycles. The number of halogens is 1. The third-order valence-corrected chi connectivity index (χ3v) is 6.54. The Hall–Kier alpha value is -3.53. The molecule has 1 saturated heterocycles. The summed E-state index contributed by atoms with van der Waals surface area (Å²) in [6, 6.07) is 8.13. The van der Waals surface area contributed by atoms with Gasteiger partial charge in [0.2, 0.25) is 5.95 Å². The van der Waals surface area contributed by atoms with E-state index in [0.29, 0.717) is 24.7 Å². The Balaban J connectivity index is 1.38. The highest BCUT2D eigenvalue weighted by molar-refractivity contribution is 7.15. The largest absolute Gasteiger partial charge is 0.444 e. The van der Waals surface area contributed by atoms with Gasteiger partial charge < -0.3 is 15.0 Å². The lowest BCUT2D eigenvalue weighted by atomic mass is 10.1. The lowest BCUT2D eigenvalue weighted by Gasteiger charge is -2.28. The van der Waals surface area contributed by atoms with Crippen LogP contribution in [0.1, 0.15) is 33.6 Å². The van der Waals surface area contributed by atoms with Gasteiger partial charge >= 0.3 is 6.09 Å². The van der Waals surface area contributed by atoms with Crippen LogP contribution in [-0.4, -0.2) is 55.1 Å². The van der Waals surface area contributed by atoms with E-state index in [1.807, 2.05) is 42.8 Å². The maximum absolute atomic E-state index is 13.5. The van der Waals surface area contributed by atoms with Crippen molar-refractivity contribution >= 4 is 28.3 Å². The molecule has 4 aromatic rings. The molecule has 5 rings (SSSR count). The summed E-state index contributed by atoms with van der Waals surface area (Å²) < 4.78 is 21.1. The molecular weight excluding hydrogens is 467 g/mol. The van der Waals surface area contributed by atoms with Crippen molar-refractivity contribution in [2.75, 3.05) is 18.4 Å². The third kappa shape index (κ3) is 4.97. The third-order valence-electron chi connectivity index (χ3n) is 5.78. The second kappa shape index (κ2) is 9.26. The second-order valence-electron chi connectivity index (χ2n) is 9.49. The summed E-state index contributed by atoms with van der Waals surface area (Å²) in [6.45, 7) is 6.81. The molecule has 1 atom stereocenters. The van der Waals surface area contributed by atoms with Gasteiger partial charge in [-0.1, -0.05) is 0 Å². The number of imidazole rings is 1. The van der Waals surface area contributed by atoms with Crippen molar-refractivity contribution in [3.8, 4) is 22.6 Å². The normalized spacial score (nSPS) is 16.1. The molecule has 1 fully saturated rings. The van der Waals surface area contributed by atoms with E-state index in [4.69, 9.17) is 14.7 Å². The van der Waals surface area contributed by atoms with E-state index in [1.54, 1.807) is 23.2 Å². The number of thiazole rings is 1. The standard InChI is InChI=1S/C25H27FN6O2S/c1-25(2,3)34-24(33)31-12-4-5-18(31)15-28-22-27-11-10-19(29-22)21-20(16-6-8-17(26)9-7-16)30-23-32(21)13-14-35-23/h6-11,13-14,18H,4-5,12,15H2,1-3H3,(H,27,28,29). The molecule has 1 aliphatic rings. The van der Waals surface area contributed by atoms with Crippen molar-refractivity contribution in [2.24, 2.45) is 0 Å². The van der Waals surface area contributed by atoms with Gasteiger partial charge in [-0.2, -0.15) is 0 Å². The van der Waals surface area contributed by atoms with E-state index in [0.717, 1.165) is 34.8 Å². The lowest BCUT2D eigenvalue weighted by Crippen LogP contribution is -2.42. The Labute approximate surface area is 206 Å². The van der Waals surface area contributed by atoms with Gasteiger partial charge in [-0.15, -0.1) is 11.3 Å². The van der Waals surface area contributed by atoms with Crippen LogP contribution in [-0.2, 0) is 4.74 Å². The highest BCUT2D eigenvalue weighted by atomic mass is 32.1. The summed E-state index contributed by atoms with van der Waals surface area (Å²) in [5.41, 5.74) is 2.52. The van der Waals surface area contributed by atoms with Gasteiger partial charge in [0.05, 0.1) is 17.4 Å². The second-order valence-corrected chi connectivity index (χ2v) is 10.4. The first-order valence-electron chi connectivity index (χ1n) is 11.6. The maximum Gasteiger partial charge on any atom is 0.410 e. The molecule has 0 bridgehead atoms. The molecular formula is C25H27FN6O2S. The Kier molecular flexibility index (Phi) is 6.14. The first-order chi connectivity index (χ1) is 16.8. The number of fused-ring (bicyclic) bond motifs is 1. The Morgan fingerprint density at radius 3 is 2.80 bits per heavy atom. The van der Waals surface area contributed by atoms with Gasteiger partial charge in [0.1, 0.15) is 17.1 Å². The average Bonchev–Trinajstić information content (AvgIpc) is 3.53. The number of benzene rings is 1. The van der Waals surface area contributed by atoms with Crippen LogP contribution in [0.5, 0.6) is 0 Å². The van der Waals surface area contributed by atoms with Gasteiger partial charge in [0, 0.05) is 36.4 Å². The van der Waals surface area contributed by atoms with E-state index in [9.17, 15) is 9.18 Å². The molecule has 1 aromatic carbocycles. The number of carbonyl (C=O) groups excluding carboxylic acids is 1. The van der Waals surface area contributed by atoms with Crippen molar-refractivity contribution in [2.45, 2.75) is 45.3 Å². The number of amides is 1. The monoisotopic (exact) mass is 494 g/mol. The Bertz CT molecular complexity index is 1340. The minimum atomic E-state index is -0.532. The van der Waals surface area contributed by atoms with E-state index >= 15 is 0 Å². The van der Waals surface area contributed by atoms with Crippen LogP contribution in [0.25, 0.3) is 27.6 Å². The van der Waals surface area contributed by atoms with Gasteiger partial charge in [-0.05, 0) is 63.9 Å². The minimum Gasteiger partial charge on any atom is -0.444 e. The molecule has 4 heterocycles. The Morgan fingerprint density at radius 2 is 2.03 bits per heavy atom. The summed E-state index contributed by atoms with van der Waals surface area (Å²) in [6.07, 6.45) is 5.17. The average molecular weight is 495 g/mol. The molecule has 0 saturated carbocycles. The number of ether oxygens (including phenoxy) is 1. The zero-order chi connectivity index (χ0) is 24.6. The zero-order valence-corrected chi connectivity index (χ0v) is 20.7. The number of anilines is 1. The van der Waals surface area contributed by atoms with E-state index in [1.165, 1.54) is 23.5 Å². The predicted octanol–water partition coefficient (Wildman–Crippen LogP) is 5.47. The van der Waals surface area contributed by atoms with Crippen molar-refractivity contribution in [1.82, 2.24) is 24.3 Å². The smallest absolute Gasteiger partial charge is 0.410 e. The van der Waals surface area contributed by atoms with Crippen molar-refractivity contribution < 1.29 is 13.9 Å². The summed E-state index contributed by atoms with van der Waals surface area (Å²) in [5, 5.41) is 5.26. The number of nitrogens with one attached hydrogen (secondary N) is 1. The van der Waals surface area contributed by atoms with Crippen LogP contribution in [0.3, 0.4) is 0 Å². The molecule has 1 unspecified atom stereocenters. The van der Waals surface area contributed by atoms with E-state index in [-0.39, 0.29) is 18.0 Å². The van der Waals surface area contributed by atoms with Crippen LogP contribution in [0.4, 0.5) is 15.1 Å². The summed E-state index contributed by atoms with van der Waals surface area (Å²) >= 11 is 1.52. The highest BCUT2D eigenvalue weighted by Gasteiger charge is 2.32. The van der Waals surface area contributed by atoms with E-state index < -0.39 is 5.60 Å². The van der Waals surface area contributed by atoms with Crippen LogP contribution in [0.15, 0.2) is 48.1 Å². The van der Waals surface area contributed by atoms with Crippen LogP contribution in [0.2, 0.25) is 0 Å². The first-order valence-corrected chi connectivity index (χ1v) is 12.4. The minimum absolute atomic E-state index is 0.00503. The number of rotatable bonds is 5. The van der Waals surface area contributed by atoms with Gasteiger partial charge in [0.25, 0.3) is 0 Å². The number of nitrogens with zero attached hydrogens (tertiary/aromatic N) is 5. The van der Waals surface area contributed by atoms with Crippen LogP contribution >= 0.6 is 11.3 Å². The van der Waals surface area contributed by atoms with Crippen LogP contribution in [0, 0.1) is 5.82 Å². The molecule has 1 amide bonds. The lowest BCUT2D eigenvalue weighted by molar-refractivity contribution is 0.0235. The molecule has 35 heavy (non-hydrogen) atoms. The topological polar surface area (TPSA) is 84.6 Å². The zero-order valence-electron chi connectivity index (χ0n) is 19.9. The van der Waals surface area contributed by atoms with Crippen LogP contribution < -0.4 is 5.32 Å². The molecule has 0 aliphatic carbocycles. The number of aromatic nitrogens is 4. The fourth-order valence-corrected chi connectivity index (χ4v) is 4.95. The molecule has 10 heteroatoms. The highest BCUT2D eigenvalue weighted by Crippen LogP contribution is 2.33. The van der Waals surface area contributed by atoms with Gasteiger partial charge in [-0.3, -0.25) is 4.40 Å². The number of likely N-dealkylation sites (tertiary alicyclic amines) is 1. The molecule has 182 valence electrons. The summed E-state index contributed by atoms with van der Waals surface area (Å²) in [4.78, 5) is 29.1. The number of hydrogen-bond acceptors (Lipinski definition) is 7. The number of hydrogen-bond donors (Lipinski definition) is 1. The molecule has 0 spiro atoms. The molecule has 1 N–H and O–H groups in total. The van der Waals surface area contributed by atoms with Crippen molar-refractivity contribution in [3.05, 3.63) is 53.9 Å². The quantitative estimate of drug-likeness (QED) is 0.396. The van der Waals surface area contributed by atoms with Crippen molar-refractivity contribution in [1.29, 1.82) is 0 Å². The fourth-order valence-electron chi connectivity index (χ4n) is 4.23. The summed E-state index contributed by atoms with van der Waals surface area (Å²) in [7, 11) is 0. The maximum atomic E-state index is 13.5. The number of carbonyl (C=O) groups is 1.